The second kappa shape index (κ2) is 10.4. The van der Waals surface area contributed by atoms with Crippen molar-refractivity contribution < 1.29 is 8.42 Å². The van der Waals surface area contributed by atoms with Crippen LogP contribution in [0.2, 0.25) is 18.6 Å². The Morgan fingerprint density at radius 3 is 2.03 bits per heavy atom. The Labute approximate surface area is 194 Å². The molecule has 0 aliphatic carbocycles. The molecule has 1 N–H and O–H groups in total. The van der Waals surface area contributed by atoms with Gasteiger partial charge in [-0.3, -0.25) is 0 Å². The molecule has 2 atom stereocenters. The van der Waals surface area contributed by atoms with Crippen molar-refractivity contribution in [1.82, 2.24) is 4.72 Å². The quantitative estimate of drug-likeness (QED) is 0.321. The minimum atomic E-state index is -3.63. The Morgan fingerprint density at radius 1 is 0.906 bits per heavy atom. The number of nitrogens with one attached hydrogen (secondary N) is 1. The number of hydrogen-bond donors (Lipinski definition) is 1. The van der Waals surface area contributed by atoms with Crippen molar-refractivity contribution in [1.29, 1.82) is 0 Å². The third-order valence-corrected chi connectivity index (χ3v) is 11.9. The van der Waals surface area contributed by atoms with E-state index in [0.717, 1.165) is 11.1 Å². The van der Waals surface area contributed by atoms with E-state index in [2.05, 4.69) is 60.8 Å². The SMILES string of the molecule is C=C[C@H](C[C@H](Cc1ccccc1)NS(=O)(=O)c1ccc(C)cc1)[Si](C)(C)c1ccccc1. The minimum absolute atomic E-state index is 0.222. The second-order valence-corrected chi connectivity index (χ2v) is 15.5. The van der Waals surface area contributed by atoms with Crippen LogP contribution in [0.3, 0.4) is 0 Å². The van der Waals surface area contributed by atoms with Crippen LogP contribution < -0.4 is 9.91 Å². The molecule has 0 aliphatic rings. The summed E-state index contributed by atoms with van der Waals surface area (Å²) in [5.41, 5.74) is 2.37. The van der Waals surface area contributed by atoms with E-state index < -0.39 is 18.1 Å². The molecule has 0 aliphatic heterocycles. The summed E-state index contributed by atoms with van der Waals surface area (Å²) in [6.45, 7) is 10.8. The molecule has 0 aromatic heterocycles. The lowest BCUT2D eigenvalue weighted by molar-refractivity contribution is 0.524. The molecule has 3 aromatic rings. The average Bonchev–Trinajstić information content (AvgIpc) is 2.78. The molecule has 0 radical (unpaired) electrons. The molecule has 168 valence electrons. The maximum Gasteiger partial charge on any atom is 0.240 e. The topological polar surface area (TPSA) is 46.2 Å². The van der Waals surface area contributed by atoms with Crippen molar-refractivity contribution in [2.45, 2.75) is 49.3 Å². The van der Waals surface area contributed by atoms with Gasteiger partial charge in [0.05, 0.1) is 13.0 Å². The predicted molar refractivity (Wildman–Crippen MR) is 138 cm³/mol. The zero-order valence-corrected chi connectivity index (χ0v) is 21.0. The number of hydrogen-bond acceptors (Lipinski definition) is 2. The van der Waals surface area contributed by atoms with Gasteiger partial charge in [0.2, 0.25) is 10.0 Å². The molecule has 3 nitrogen and oxygen atoms in total. The number of benzene rings is 3. The highest BCUT2D eigenvalue weighted by Gasteiger charge is 2.34. The molecule has 0 saturated carbocycles. The molecule has 0 saturated heterocycles. The monoisotopic (exact) mass is 463 g/mol. The maximum absolute atomic E-state index is 13.2. The van der Waals surface area contributed by atoms with Gasteiger partial charge in [-0.15, -0.1) is 6.58 Å². The highest BCUT2D eigenvalue weighted by atomic mass is 32.2. The van der Waals surface area contributed by atoms with E-state index in [9.17, 15) is 8.42 Å². The van der Waals surface area contributed by atoms with Crippen molar-refractivity contribution in [3.8, 4) is 0 Å². The van der Waals surface area contributed by atoms with Crippen molar-refractivity contribution in [2.75, 3.05) is 0 Å². The Bertz CT molecular complexity index is 1110. The van der Waals surface area contributed by atoms with E-state index in [-0.39, 0.29) is 11.6 Å². The zero-order chi connectivity index (χ0) is 23.2. The van der Waals surface area contributed by atoms with Crippen LogP contribution in [0.15, 0.2) is 102 Å². The molecule has 3 rings (SSSR count). The summed E-state index contributed by atoms with van der Waals surface area (Å²) in [5, 5.41) is 1.35. The summed E-state index contributed by atoms with van der Waals surface area (Å²) in [5.74, 6) is 0. The summed E-state index contributed by atoms with van der Waals surface area (Å²) in [6.07, 6.45) is 3.37. The molecule has 0 heterocycles. The lowest BCUT2D eigenvalue weighted by atomic mass is 10.0. The van der Waals surface area contributed by atoms with Gasteiger partial charge in [0, 0.05) is 6.04 Å². The van der Waals surface area contributed by atoms with Gasteiger partial charge >= 0.3 is 0 Å². The highest BCUT2D eigenvalue weighted by molar-refractivity contribution is 7.89. The van der Waals surface area contributed by atoms with Crippen molar-refractivity contribution in [3.63, 3.8) is 0 Å². The first-order valence-corrected chi connectivity index (χ1v) is 15.6. The molecule has 0 spiro atoms. The summed E-state index contributed by atoms with van der Waals surface area (Å²) >= 11 is 0. The fourth-order valence-electron chi connectivity index (χ4n) is 4.15. The van der Waals surface area contributed by atoms with E-state index in [1.165, 1.54) is 5.19 Å². The predicted octanol–water partition coefficient (Wildman–Crippen LogP) is 5.45. The van der Waals surface area contributed by atoms with Crippen molar-refractivity contribution >= 4 is 23.3 Å². The second-order valence-electron chi connectivity index (χ2n) is 8.99. The first kappa shape index (κ1) is 24.2. The molecular formula is C27H33NO2SSi. The lowest BCUT2D eigenvalue weighted by Gasteiger charge is -2.34. The Hall–Kier alpha value is -2.47. The third kappa shape index (κ3) is 6.06. The van der Waals surface area contributed by atoms with Crippen molar-refractivity contribution in [3.05, 3.63) is 109 Å². The molecule has 3 aromatic carbocycles. The zero-order valence-electron chi connectivity index (χ0n) is 19.2. The van der Waals surface area contributed by atoms with E-state index in [4.69, 9.17) is 0 Å². The minimum Gasteiger partial charge on any atom is -0.208 e. The normalized spacial score (nSPS) is 14.0. The molecule has 0 bridgehead atoms. The van der Waals surface area contributed by atoms with Gasteiger partial charge in [0.15, 0.2) is 0 Å². The smallest absolute Gasteiger partial charge is 0.208 e. The molecule has 0 unspecified atom stereocenters. The Morgan fingerprint density at radius 2 is 1.47 bits per heavy atom. The lowest BCUT2D eigenvalue weighted by Crippen LogP contribution is -2.48. The molecular weight excluding hydrogens is 430 g/mol. The number of sulfonamides is 1. The van der Waals surface area contributed by atoms with Crippen molar-refractivity contribution in [2.24, 2.45) is 0 Å². The first-order valence-electron chi connectivity index (χ1n) is 11.0. The Balaban J connectivity index is 1.89. The van der Waals surface area contributed by atoms with Gasteiger partial charge < -0.3 is 0 Å². The highest BCUT2D eigenvalue weighted by Crippen LogP contribution is 2.30. The fraction of sp³-hybridized carbons (Fsp3) is 0.259. The number of aryl methyl sites for hydroxylation is 1. The van der Waals surface area contributed by atoms with Crippen LogP contribution >= 0.6 is 0 Å². The summed E-state index contributed by atoms with van der Waals surface area (Å²) in [7, 11) is -5.53. The first-order chi connectivity index (χ1) is 15.2. The number of rotatable bonds is 10. The number of allylic oxidation sites excluding steroid dienone is 1. The molecule has 0 fully saturated rings. The average molecular weight is 464 g/mol. The van der Waals surface area contributed by atoms with Crippen LogP contribution in [-0.4, -0.2) is 22.5 Å². The van der Waals surface area contributed by atoms with Crippen LogP contribution in [0.5, 0.6) is 0 Å². The van der Waals surface area contributed by atoms with E-state index in [1.54, 1.807) is 12.1 Å². The largest absolute Gasteiger partial charge is 0.240 e. The fourth-order valence-corrected chi connectivity index (χ4v) is 8.34. The molecule has 0 amide bonds. The van der Waals surface area contributed by atoms with Gasteiger partial charge in [-0.25, -0.2) is 13.1 Å². The third-order valence-electron chi connectivity index (χ3n) is 6.25. The van der Waals surface area contributed by atoms with Crippen LogP contribution in [-0.2, 0) is 16.4 Å². The van der Waals surface area contributed by atoms with Gasteiger partial charge in [-0.2, -0.15) is 0 Å². The molecule has 5 heteroatoms. The van der Waals surface area contributed by atoms with E-state index in [0.29, 0.717) is 17.7 Å². The summed E-state index contributed by atoms with van der Waals surface area (Å²) in [4.78, 5) is 0.302. The van der Waals surface area contributed by atoms with Gasteiger partial charge in [-0.05, 0) is 43.0 Å². The maximum atomic E-state index is 13.2. The van der Waals surface area contributed by atoms with Gasteiger partial charge in [-0.1, -0.05) is 103 Å². The van der Waals surface area contributed by atoms with Gasteiger partial charge in [0.1, 0.15) is 0 Å². The van der Waals surface area contributed by atoms with Crippen LogP contribution in [0, 0.1) is 6.92 Å². The Kier molecular flexibility index (Phi) is 7.88. The summed E-state index contributed by atoms with van der Waals surface area (Å²) in [6, 6.07) is 27.4. The molecule has 32 heavy (non-hydrogen) atoms. The van der Waals surface area contributed by atoms with E-state index in [1.807, 2.05) is 49.4 Å². The van der Waals surface area contributed by atoms with Crippen LogP contribution in [0.25, 0.3) is 0 Å². The summed E-state index contributed by atoms with van der Waals surface area (Å²) < 4.78 is 29.4. The standard InChI is InChI=1S/C27H33NO2SSi/c1-5-26(32(3,4)27-14-10-7-11-15-27)21-24(20-23-12-8-6-9-13-23)28-31(29,30)25-18-16-22(2)17-19-25/h5-19,24,26,28H,1,20-21H2,2-4H3/t24-,26+/m0/s1. The van der Waals surface area contributed by atoms with E-state index >= 15 is 0 Å². The van der Waals surface area contributed by atoms with Crippen LogP contribution in [0.4, 0.5) is 0 Å². The van der Waals surface area contributed by atoms with Gasteiger partial charge in [0.25, 0.3) is 0 Å². The van der Waals surface area contributed by atoms with Crippen LogP contribution in [0.1, 0.15) is 17.5 Å².